The zero-order valence-electron chi connectivity index (χ0n) is 16.1. The van der Waals surface area contributed by atoms with Crippen molar-refractivity contribution in [2.45, 2.75) is 0 Å². The Morgan fingerprint density at radius 1 is 0.467 bits per heavy atom. The standard InChI is InChI=1S/C28H16N2/c1-2-10-19-17(9-1)26-24(20-11-3-5-14-22(20)29-26)25-21-13-7-12-18-16-8-4-6-15-23(16)30(27(18)21)28(19)25/h1-15,29H. The molecule has 0 amide bonds. The highest BCUT2D eigenvalue weighted by atomic mass is 14.9. The number of fused-ring (bicyclic) bond motifs is 13. The summed E-state index contributed by atoms with van der Waals surface area (Å²) in [6, 6.07) is 33.0. The Kier molecular flexibility index (Phi) is 2.44. The first-order valence-corrected chi connectivity index (χ1v) is 10.4. The van der Waals surface area contributed by atoms with E-state index in [9.17, 15) is 0 Å². The molecule has 2 heteroatoms. The quantitative estimate of drug-likeness (QED) is 0.279. The van der Waals surface area contributed by atoms with Crippen LogP contribution in [0.3, 0.4) is 0 Å². The lowest BCUT2D eigenvalue weighted by Crippen LogP contribution is -1.84. The summed E-state index contributed by atoms with van der Waals surface area (Å²) in [6.07, 6.45) is 0. The number of benzene rings is 5. The van der Waals surface area contributed by atoms with E-state index in [2.05, 4.69) is 100 Å². The second kappa shape index (κ2) is 4.92. The maximum atomic E-state index is 3.73. The highest BCUT2D eigenvalue weighted by Crippen LogP contribution is 2.46. The lowest BCUT2D eigenvalue weighted by atomic mass is 9.98. The van der Waals surface area contributed by atoms with Crippen molar-refractivity contribution in [1.82, 2.24) is 9.38 Å². The molecule has 0 aliphatic heterocycles. The largest absolute Gasteiger partial charge is 0.354 e. The second-order valence-corrected chi connectivity index (χ2v) is 8.24. The zero-order valence-corrected chi connectivity index (χ0v) is 16.1. The van der Waals surface area contributed by atoms with E-state index in [4.69, 9.17) is 0 Å². The SMILES string of the molecule is c1ccc2c(c1)[nH]c1c3ccccc3c3c(c4cccc5c6ccccc6n3c54)c21. The predicted octanol–water partition coefficient (Wildman–Crippen LogP) is 7.62. The maximum absolute atomic E-state index is 3.73. The van der Waals surface area contributed by atoms with Crippen molar-refractivity contribution in [3.8, 4) is 0 Å². The summed E-state index contributed by atoms with van der Waals surface area (Å²) in [5.41, 5.74) is 6.35. The first-order valence-electron chi connectivity index (χ1n) is 10.4. The minimum atomic E-state index is 1.19. The summed E-state index contributed by atoms with van der Waals surface area (Å²) in [4.78, 5) is 3.73. The van der Waals surface area contributed by atoms with Gasteiger partial charge in [-0.05, 0) is 12.1 Å². The number of hydrogen-bond acceptors (Lipinski definition) is 0. The van der Waals surface area contributed by atoms with Crippen LogP contribution in [0, 0.1) is 0 Å². The number of aromatic amines is 1. The highest BCUT2D eigenvalue weighted by Gasteiger charge is 2.22. The predicted molar refractivity (Wildman–Crippen MR) is 128 cm³/mol. The summed E-state index contributed by atoms with van der Waals surface area (Å²) in [5.74, 6) is 0. The van der Waals surface area contributed by atoms with Crippen LogP contribution >= 0.6 is 0 Å². The van der Waals surface area contributed by atoms with Crippen LogP contribution in [0.2, 0.25) is 0 Å². The van der Waals surface area contributed by atoms with Crippen molar-refractivity contribution in [2.75, 3.05) is 0 Å². The molecule has 1 N–H and O–H groups in total. The molecule has 0 atom stereocenters. The van der Waals surface area contributed by atoms with E-state index in [-0.39, 0.29) is 0 Å². The lowest BCUT2D eigenvalue weighted by molar-refractivity contribution is 1.38. The first kappa shape index (κ1) is 14.9. The molecule has 0 saturated heterocycles. The minimum absolute atomic E-state index is 1.19. The van der Waals surface area contributed by atoms with Gasteiger partial charge in [-0.25, -0.2) is 0 Å². The second-order valence-electron chi connectivity index (χ2n) is 8.24. The fraction of sp³-hybridized carbons (Fsp3) is 0. The summed E-state index contributed by atoms with van der Waals surface area (Å²) < 4.78 is 2.50. The van der Waals surface area contributed by atoms with E-state index >= 15 is 0 Å². The molecule has 5 aromatic carbocycles. The molecule has 0 unspecified atom stereocenters. The van der Waals surface area contributed by atoms with Gasteiger partial charge in [0.05, 0.1) is 22.1 Å². The number of hydrogen-bond donors (Lipinski definition) is 1. The molecule has 0 aliphatic rings. The van der Waals surface area contributed by atoms with Gasteiger partial charge in [-0.2, -0.15) is 0 Å². The zero-order chi connectivity index (χ0) is 19.4. The van der Waals surface area contributed by atoms with Crippen molar-refractivity contribution in [1.29, 1.82) is 0 Å². The van der Waals surface area contributed by atoms with Crippen LogP contribution < -0.4 is 0 Å². The van der Waals surface area contributed by atoms with Gasteiger partial charge < -0.3 is 9.38 Å². The van der Waals surface area contributed by atoms with Crippen molar-refractivity contribution >= 4 is 70.7 Å². The fourth-order valence-corrected chi connectivity index (χ4v) is 5.71. The van der Waals surface area contributed by atoms with Gasteiger partial charge in [-0.15, -0.1) is 0 Å². The Morgan fingerprint density at radius 3 is 2.00 bits per heavy atom. The number of rotatable bonds is 0. The molecule has 8 rings (SSSR count). The lowest BCUT2D eigenvalue weighted by Gasteiger charge is -2.06. The van der Waals surface area contributed by atoms with Gasteiger partial charge in [0.25, 0.3) is 0 Å². The van der Waals surface area contributed by atoms with Crippen LogP contribution in [0.25, 0.3) is 70.7 Å². The molecule has 0 aliphatic carbocycles. The Hall–Kier alpha value is -4.04. The Bertz CT molecular complexity index is 1950. The van der Waals surface area contributed by atoms with Crippen LogP contribution in [0.5, 0.6) is 0 Å². The molecule has 138 valence electrons. The number of para-hydroxylation sites is 3. The Morgan fingerprint density at radius 2 is 1.10 bits per heavy atom. The van der Waals surface area contributed by atoms with Gasteiger partial charge in [0, 0.05) is 48.6 Å². The van der Waals surface area contributed by atoms with Crippen LogP contribution in [0.1, 0.15) is 0 Å². The smallest absolute Gasteiger partial charge is 0.0627 e. The molecule has 0 spiro atoms. The van der Waals surface area contributed by atoms with E-state index in [1.807, 2.05) is 0 Å². The van der Waals surface area contributed by atoms with Crippen molar-refractivity contribution in [3.05, 3.63) is 91.0 Å². The van der Waals surface area contributed by atoms with Gasteiger partial charge in [0.2, 0.25) is 0 Å². The van der Waals surface area contributed by atoms with Crippen LogP contribution in [-0.4, -0.2) is 9.38 Å². The topological polar surface area (TPSA) is 20.2 Å². The first-order chi connectivity index (χ1) is 14.9. The highest BCUT2D eigenvalue weighted by molar-refractivity contribution is 6.39. The molecule has 2 nitrogen and oxygen atoms in total. The van der Waals surface area contributed by atoms with Gasteiger partial charge in [0.1, 0.15) is 0 Å². The average Bonchev–Trinajstić information content (AvgIpc) is 3.46. The van der Waals surface area contributed by atoms with Crippen LogP contribution in [0.4, 0.5) is 0 Å². The van der Waals surface area contributed by atoms with E-state index < -0.39 is 0 Å². The molecule has 3 heterocycles. The van der Waals surface area contributed by atoms with Gasteiger partial charge >= 0.3 is 0 Å². The number of H-pyrrole nitrogens is 1. The molecule has 3 aromatic heterocycles. The molecule has 0 radical (unpaired) electrons. The summed E-state index contributed by atoms with van der Waals surface area (Å²) >= 11 is 0. The van der Waals surface area contributed by atoms with Gasteiger partial charge in [-0.3, -0.25) is 0 Å². The minimum Gasteiger partial charge on any atom is -0.354 e. The molecule has 8 aromatic rings. The van der Waals surface area contributed by atoms with Crippen LogP contribution in [0.15, 0.2) is 91.0 Å². The third kappa shape index (κ3) is 1.53. The number of aromatic nitrogens is 2. The van der Waals surface area contributed by atoms with Gasteiger partial charge in [0.15, 0.2) is 0 Å². The van der Waals surface area contributed by atoms with Crippen molar-refractivity contribution in [3.63, 3.8) is 0 Å². The Labute approximate surface area is 171 Å². The van der Waals surface area contributed by atoms with Crippen molar-refractivity contribution < 1.29 is 0 Å². The summed E-state index contributed by atoms with van der Waals surface area (Å²) in [7, 11) is 0. The third-order valence-electron chi connectivity index (χ3n) is 6.83. The summed E-state index contributed by atoms with van der Waals surface area (Å²) in [6.45, 7) is 0. The molecule has 0 bridgehead atoms. The van der Waals surface area contributed by atoms with E-state index in [0.29, 0.717) is 0 Å². The molecule has 0 fully saturated rings. The molecular formula is C28H16N2. The van der Waals surface area contributed by atoms with Crippen molar-refractivity contribution in [2.24, 2.45) is 0 Å². The van der Waals surface area contributed by atoms with E-state index in [1.165, 1.54) is 70.7 Å². The third-order valence-corrected chi connectivity index (χ3v) is 6.83. The molecular weight excluding hydrogens is 364 g/mol. The monoisotopic (exact) mass is 380 g/mol. The fourth-order valence-electron chi connectivity index (χ4n) is 5.71. The average molecular weight is 380 g/mol. The number of nitrogens with zero attached hydrogens (tertiary/aromatic N) is 1. The summed E-state index contributed by atoms with van der Waals surface area (Å²) in [5, 5.41) is 10.5. The van der Waals surface area contributed by atoms with E-state index in [1.54, 1.807) is 0 Å². The van der Waals surface area contributed by atoms with Gasteiger partial charge in [-0.1, -0.05) is 78.9 Å². The maximum Gasteiger partial charge on any atom is 0.0627 e. The molecule has 0 saturated carbocycles. The number of nitrogens with one attached hydrogen (secondary N) is 1. The molecule has 30 heavy (non-hydrogen) atoms. The van der Waals surface area contributed by atoms with E-state index in [0.717, 1.165) is 0 Å². The van der Waals surface area contributed by atoms with Crippen LogP contribution in [-0.2, 0) is 0 Å². The Balaban J connectivity index is 1.88. The normalized spacial score (nSPS) is 12.7.